The van der Waals surface area contributed by atoms with Crippen LogP contribution in [0.2, 0.25) is 0 Å². The molecule has 0 aliphatic carbocycles. The Morgan fingerprint density at radius 1 is 1.38 bits per heavy atom. The number of nitro groups is 1. The zero-order valence-corrected chi connectivity index (χ0v) is 12.3. The number of anilines is 1. The standard InChI is InChI=1S/C14H21N5O2/c1-11-8-14(16-9-13(11)19(20)21)18-5-2-12(10-18)17-6-3-15-4-7-17/h8-9,12,15H,2-7,10H2,1H3. The molecule has 0 saturated carbocycles. The fraction of sp³-hybridized carbons (Fsp3) is 0.643. The van der Waals surface area contributed by atoms with Crippen LogP contribution in [0.1, 0.15) is 12.0 Å². The van der Waals surface area contributed by atoms with E-state index in [0.717, 1.165) is 51.5 Å². The van der Waals surface area contributed by atoms with E-state index in [4.69, 9.17) is 0 Å². The van der Waals surface area contributed by atoms with Gasteiger partial charge in [0, 0.05) is 50.9 Å². The number of aryl methyl sites for hydroxylation is 1. The lowest BCUT2D eigenvalue weighted by Gasteiger charge is -2.32. The summed E-state index contributed by atoms with van der Waals surface area (Å²) in [5, 5.41) is 14.2. The Morgan fingerprint density at radius 2 is 2.14 bits per heavy atom. The number of nitrogens with one attached hydrogen (secondary N) is 1. The quantitative estimate of drug-likeness (QED) is 0.655. The highest BCUT2D eigenvalue weighted by Gasteiger charge is 2.29. The summed E-state index contributed by atoms with van der Waals surface area (Å²) in [7, 11) is 0. The van der Waals surface area contributed by atoms with Gasteiger partial charge < -0.3 is 10.2 Å². The van der Waals surface area contributed by atoms with Crippen LogP contribution in [0, 0.1) is 17.0 Å². The predicted octanol–water partition coefficient (Wildman–Crippen LogP) is 0.782. The van der Waals surface area contributed by atoms with Crippen molar-refractivity contribution < 1.29 is 4.92 Å². The van der Waals surface area contributed by atoms with Gasteiger partial charge in [0.25, 0.3) is 5.69 Å². The maximum Gasteiger partial charge on any atom is 0.290 e. The SMILES string of the molecule is Cc1cc(N2CCC(N3CCNCC3)C2)ncc1[N+](=O)[O-]. The molecule has 1 aromatic heterocycles. The molecule has 0 amide bonds. The second-order valence-electron chi connectivity index (χ2n) is 5.76. The van der Waals surface area contributed by atoms with Gasteiger partial charge in [-0.25, -0.2) is 4.98 Å². The number of rotatable bonds is 3. The van der Waals surface area contributed by atoms with E-state index in [0.29, 0.717) is 11.6 Å². The normalized spacial score (nSPS) is 23.5. The second-order valence-corrected chi connectivity index (χ2v) is 5.76. The largest absolute Gasteiger partial charge is 0.355 e. The van der Waals surface area contributed by atoms with Gasteiger partial charge in [0.2, 0.25) is 0 Å². The van der Waals surface area contributed by atoms with Gasteiger partial charge in [-0.3, -0.25) is 15.0 Å². The summed E-state index contributed by atoms with van der Waals surface area (Å²) >= 11 is 0. The number of piperazine rings is 1. The maximum atomic E-state index is 10.9. The molecule has 2 fully saturated rings. The highest BCUT2D eigenvalue weighted by atomic mass is 16.6. The molecule has 1 aromatic rings. The summed E-state index contributed by atoms with van der Waals surface area (Å²) in [5.74, 6) is 0.857. The first kappa shape index (κ1) is 14.2. The third-order valence-electron chi connectivity index (χ3n) is 4.42. The highest BCUT2D eigenvalue weighted by Crippen LogP contribution is 2.25. The molecule has 7 heteroatoms. The van der Waals surface area contributed by atoms with E-state index in [1.54, 1.807) is 6.92 Å². The summed E-state index contributed by atoms with van der Waals surface area (Å²) in [4.78, 5) is 19.5. The Balaban J connectivity index is 1.68. The number of hydrogen-bond acceptors (Lipinski definition) is 6. The molecule has 1 N–H and O–H groups in total. The molecular weight excluding hydrogens is 270 g/mol. The topological polar surface area (TPSA) is 74.5 Å². The minimum atomic E-state index is -0.375. The van der Waals surface area contributed by atoms with Crippen molar-refractivity contribution in [3.8, 4) is 0 Å². The molecular formula is C14H21N5O2. The van der Waals surface area contributed by atoms with Crippen molar-refractivity contribution in [1.82, 2.24) is 15.2 Å². The van der Waals surface area contributed by atoms with Gasteiger partial charge in [0.15, 0.2) is 0 Å². The molecule has 3 heterocycles. The lowest BCUT2D eigenvalue weighted by atomic mass is 10.2. The minimum Gasteiger partial charge on any atom is -0.355 e. The van der Waals surface area contributed by atoms with Crippen LogP contribution in [-0.4, -0.2) is 60.1 Å². The molecule has 114 valence electrons. The molecule has 2 aliphatic heterocycles. The van der Waals surface area contributed by atoms with Crippen LogP contribution in [0.5, 0.6) is 0 Å². The molecule has 2 aliphatic rings. The molecule has 1 atom stereocenters. The molecule has 21 heavy (non-hydrogen) atoms. The van der Waals surface area contributed by atoms with Gasteiger partial charge in [-0.1, -0.05) is 0 Å². The highest BCUT2D eigenvalue weighted by molar-refractivity contribution is 5.49. The van der Waals surface area contributed by atoms with Crippen molar-refractivity contribution in [2.24, 2.45) is 0 Å². The molecule has 0 aromatic carbocycles. The minimum absolute atomic E-state index is 0.0941. The van der Waals surface area contributed by atoms with E-state index in [9.17, 15) is 10.1 Å². The monoisotopic (exact) mass is 291 g/mol. The van der Waals surface area contributed by atoms with Gasteiger partial charge >= 0.3 is 0 Å². The zero-order valence-electron chi connectivity index (χ0n) is 12.3. The number of pyridine rings is 1. The first-order valence-electron chi connectivity index (χ1n) is 7.46. The molecule has 0 spiro atoms. The average Bonchev–Trinajstić information content (AvgIpc) is 2.97. The molecule has 3 rings (SSSR count). The predicted molar refractivity (Wildman–Crippen MR) is 80.7 cm³/mol. The van der Waals surface area contributed by atoms with Crippen LogP contribution >= 0.6 is 0 Å². The summed E-state index contributed by atoms with van der Waals surface area (Å²) < 4.78 is 0. The smallest absolute Gasteiger partial charge is 0.290 e. The van der Waals surface area contributed by atoms with E-state index < -0.39 is 0 Å². The third-order valence-corrected chi connectivity index (χ3v) is 4.42. The van der Waals surface area contributed by atoms with Crippen molar-refractivity contribution in [2.45, 2.75) is 19.4 Å². The summed E-state index contributed by atoms with van der Waals surface area (Å²) in [6, 6.07) is 2.41. The second kappa shape index (κ2) is 5.95. The van der Waals surface area contributed by atoms with Crippen molar-refractivity contribution in [3.05, 3.63) is 27.9 Å². The molecule has 0 radical (unpaired) electrons. The van der Waals surface area contributed by atoms with Crippen LogP contribution in [-0.2, 0) is 0 Å². The van der Waals surface area contributed by atoms with Crippen molar-refractivity contribution in [1.29, 1.82) is 0 Å². The van der Waals surface area contributed by atoms with Gasteiger partial charge in [-0.05, 0) is 19.4 Å². The van der Waals surface area contributed by atoms with E-state index in [1.807, 2.05) is 6.07 Å². The van der Waals surface area contributed by atoms with Gasteiger partial charge in [0.05, 0.1) is 4.92 Å². The van der Waals surface area contributed by atoms with Crippen LogP contribution in [0.15, 0.2) is 12.3 Å². The van der Waals surface area contributed by atoms with E-state index in [-0.39, 0.29) is 10.6 Å². The van der Waals surface area contributed by atoms with Gasteiger partial charge in [-0.15, -0.1) is 0 Å². The maximum absolute atomic E-state index is 10.9. The summed E-state index contributed by atoms with van der Waals surface area (Å²) in [5.41, 5.74) is 0.771. The summed E-state index contributed by atoms with van der Waals surface area (Å²) in [6.45, 7) is 8.03. The Labute approximate surface area is 124 Å². The Morgan fingerprint density at radius 3 is 2.81 bits per heavy atom. The number of aromatic nitrogens is 1. The molecule has 0 bridgehead atoms. The molecule has 7 nitrogen and oxygen atoms in total. The first-order valence-corrected chi connectivity index (χ1v) is 7.46. The van der Waals surface area contributed by atoms with E-state index in [2.05, 4.69) is 20.1 Å². The van der Waals surface area contributed by atoms with Crippen LogP contribution in [0.4, 0.5) is 11.5 Å². The molecule has 2 saturated heterocycles. The van der Waals surface area contributed by atoms with E-state index >= 15 is 0 Å². The fourth-order valence-electron chi connectivity index (χ4n) is 3.19. The number of hydrogen-bond donors (Lipinski definition) is 1. The Hall–Kier alpha value is -1.73. The van der Waals surface area contributed by atoms with E-state index in [1.165, 1.54) is 6.20 Å². The fourth-order valence-corrected chi connectivity index (χ4v) is 3.19. The van der Waals surface area contributed by atoms with Crippen LogP contribution < -0.4 is 10.2 Å². The van der Waals surface area contributed by atoms with Gasteiger partial charge in [0.1, 0.15) is 12.0 Å². The summed E-state index contributed by atoms with van der Waals surface area (Å²) in [6.07, 6.45) is 2.51. The van der Waals surface area contributed by atoms with Crippen LogP contribution in [0.25, 0.3) is 0 Å². The number of nitrogens with zero attached hydrogens (tertiary/aromatic N) is 4. The molecule has 1 unspecified atom stereocenters. The lowest BCUT2D eigenvalue weighted by molar-refractivity contribution is -0.385. The van der Waals surface area contributed by atoms with Gasteiger partial charge in [-0.2, -0.15) is 0 Å². The van der Waals surface area contributed by atoms with Crippen LogP contribution in [0.3, 0.4) is 0 Å². The van der Waals surface area contributed by atoms with Crippen molar-refractivity contribution in [3.63, 3.8) is 0 Å². The Kier molecular flexibility index (Phi) is 4.03. The third kappa shape index (κ3) is 2.98. The average molecular weight is 291 g/mol. The zero-order chi connectivity index (χ0) is 14.8. The Bertz CT molecular complexity index is 530. The van der Waals surface area contributed by atoms with Crippen molar-refractivity contribution >= 4 is 11.5 Å². The first-order chi connectivity index (χ1) is 10.1. The lowest BCUT2D eigenvalue weighted by Crippen LogP contribution is -2.49. The van der Waals surface area contributed by atoms with Crippen molar-refractivity contribution in [2.75, 3.05) is 44.2 Å².